The lowest BCUT2D eigenvalue weighted by Crippen LogP contribution is -2.36. The maximum Gasteiger partial charge on any atom is 0.0231 e. The number of nitrogens with one attached hydrogen (secondary N) is 1. The van der Waals surface area contributed by atoms with E-state index in [2.05, 4.69) is 53.5 Å². The number of hydrogen-bond donors (Lipinski definition) is 1. The largest absolute Gasteiger partial charge is 0.310 e. The van der Waals surface area contributed by atoms with Crippen LogP contribution in [0.25, 0.3) is 0 Å². The van der Waals surface area contributed by atoms with Gasteiger partial charge in [0.1, 0.15) is 0 Å². The number of nitrogens with zero attached hydrogens (tertiary/aromatic N) is 2. The summed E-state index contributed by atoms with van der Waals surface area (Å²) in [6.45, 7) is 4.52. The third kappa shape index (κ3) is 4.53. The molecule has 1 N–H and O–H groups in total. The van der Waals surface area contributed by atoms with Crippen LogP contribution < -0.4 is 5.32 Å². The van der Waals surface area contributed by atoms with Gasteiger partial charge in [0.25, 0.3) is 0 Å². The second kappa shape index (κ2) is 6.91. The average Bonchev–Trinajstić information content (AvgIpc) is 3.21. The molecule has 1 unspecified atom stereocenters. The molecule has 0 radical (unpaired) electrons. The molecule has 1 saturated carbocycles. The molecule has 1 aliphatic heterocycles. The number of likely N-dealkylation sites (N-methyl/N-ethyl adjacent to an activating group) is 2. The van der Waals surface area contributed by atoms with Crippen molar-refractivity contribution in [3.63, 3.8) is 0 Å². The van der Waals surface area contributed by atoms with Gasteiger partial charge in [0.05, 0.1) is 0 Å². The molecular formula is C18H29N3. The summed E-state index contributed by atoms with van der Waals surface area (Å²) in [4.78, 5) is 4.98. The summed E-state index contributed by atoms with van der Waals surface area (Å²) < 4.78 is 0. The predicted octanol–water partition coefficient (Wildman–Crippen LogP) is 2.46. The third-order valence-electron chi connectivity index (χ3n) is 4.81. The molecule has 1 saturated heterocycles. The van der Waals surface area contributed by atoms with Gasteiger partial charge in [-0.3, -0.25) is 0 Å². The molecule has 1 aromatic rings. The van der Waals surface area contributed by atoms with Gasteiger partial charge in [-0.05, 0) is 57.5 Å². The quantitative estimate of drug-likeness (QED) is 0.831. The number of benzene rings is 1. The SMILES string of the molecule is CN(Cc1cccc(CNC2CC2)c1)CC1CCCN1C. The van der Waals surface area contributed by atoms with E-state index in [4.69, 9.17) is 0 Å². The Morgan fingerprint density at radius 2 is 2.05 bits per heavy atom. The molecule has 3 nitrogen and oxygen atoms in total. The molecule has 0 aromatic heterocycles. The molecule has 2 aliphatic rings. The average molecular weight is 287 g/mol. The Morgan fingerprint density at radius 3 is 2.76 bits per heavy atom. The molecule has 0 bridgehead atoms. The zero-order valence-corrected chi connectivity index (χ0v) is 13.5. The number of rotatable bonds is 7. The third-order valence-corrected chi connectivity index (χ3v) is 4.81. The highest BCUT2D eigenvalue weighted by Gasteiger charge is 2.22. The number of likely N-dealkylation sites (tertiary alicyclic amines) is 1. The normalized spacial score (nSPS) is 23.1. The second-order valence-corrected chi connectivity index (χ2v) is 6.95. The Bertz CT molecular complexity index is 456. The molecule has 3 heteroatoms. The van der Waals surface area contributed by atoms with Gasteiger partial charge in [0, 0.05) is 31.7 Å². The molecule has 1 aliphatic carbocycles. The molecule has 1 heterocycles. The van der Waals surface area contributed by atoms with E-state index >= 15 is 0 Å². The zero-order chi connectivity index (χ0) is 14.7. The summed E-state index contributed by atoms with van der Waals surface area (Å²) in [7, 11) is 4.51. The fourth-order valence-electron chi connectivity index (χ4n) is 3.33. The van der Waals surface area contributed by atoms with Gasteiger partial charge < -0.3 is 15.1 Å². The smallest absolute Gasteiger partial charge is 0.0231 e. The van der Waals surface area contributed by atoms with Crippen LogP contribution in [-0.2, 0) is 13.1 Å². The molecule has 0 spiro atoms. The van der Waals surface area contributed by atoms with Crippen molar-refractivity contribution in [2.75, 3.05) is 27.2 Å². The summed E-state index contributed by atoms with van der Waals surface area (Å²) in [6, 6.07) is 10.6. The van der Waals surface area contributed by atoms with Gasteiger partial charge in [-0.1, -0.05) is 24.3 Å². The fraction of sp³-hybridized carbons (Fsp3) is 0.667. The topological polar surface area (TPSA) is 18.5 Å². The minimum absolute atomic E-state index is 0.745. The lowest BCUT2D eigenvalue weighted by molar-refractivity contribution is 0.215. The van der Waals surface area contributed by atoms with Crippen molar-refractivity contribution in [1.29, 1.82) is 0 Å². The van der Waals surface area contributed by atoms with Crippen LogP contribution in [0.2, 0.25) is 0 Å². The first-order valence-electron chi connectivity index (χ1n) is 8.41. The first-order valence-corrected chi connectivity index (χ1v) is 8.41. The molecule has 116 valence electrons. The minimum Gasteiger partial charge on any atom is -0.310 e. The molecular weight excluding hydrogens is 258 g/mol. The van der Waals surface area contributed by atoms with E-state index in [9.17, 15) is 0 Å². The summed E-state index contributed by atoms with van der Waals surface area (Å²) in [6.07, 6.45) is 5.43. The van der Waals surface area contributed by atoms with Crippen molar-refractivity contribution in [3.8, 4) is 0 Å². The Labute approximate surface area is 129 Å². The van der Waals surface area contributed by atoms with Crippen molar-refractivity contribution in [2.45, 2.75) is 50.9 Å². The van der Waals surface area contributed by atoms with Gasteiger partial charge in [-0.25, -0.2) is 0 Å². The summed E-state index contributed by atoms with van der Waals surface area (Å²) in [5.41, 5.74) is 2.86. The molecule has 1 atom stereocenters. The van der Waals surface area contributed by atoms with E-state index in [1.54, 1.807) is 0 Å². The Morgan fingerprint density at radius 1 is 1.24 bits per heavy atom. The fourth-order valence-corrected chi connectivity index (χ4v) is 3.33. The highest BCUT2D eigenvalue weighted by atomic mass is 15.2. The van der Waals surface area contributed by atoms with E-state index < -0.39 is 0 Å². The Kier molecular flexibility index (Phi) is 4.94. The van der Waals surface area contributed by atoms with Crippen molar-refractivity contribution < 1.29 is 0 Å². The minimum atomic E-state index is 0.745. The van der Waals surface area contributed by atoms with Crippen LogP contribution >= 0.6 is 0 Å². The van der Waals surface area contributed by atoms with Crippen molar-refractivity contribution in [1.82, 2.24) is 15.1 Å². The standard InChI is InChI=1S/C18H29N3/c1-20(14-18-7-4-10-21(18)2)13-16-6-3-5-15(11-16)12-19-17-8-9-17/h3,5-6,11,17-19H,4,7-10,12-14H2,1-2H3. The van der Waals surface area contributed by atoms with Crippen molar-refractivity contribution in [2.24, 2.45) is 0 Å². The predicted molar refractivity (Wildman–Crippen MR) is 88.3 cm³/mol. The first-order chi connectivity index (χ1) is 10.2. The first kappa shape index (κ1) is 15.0. The summed E-state index contributed by atoms with van der Waals surface area (Å²) in [5, 5.41) is 3.60. The molecule has 3 rings (SSSR count). The molecule has 2 fully saturated rings. The van der Waals surface area contributed by atoms with Crippen LogP contribution in [0.3, 0.4) is 0 Å². The van der Waals surface area contributed by atoms with Crippen LogP contribution in [-0.4, -0.2) is 49.1 Å². The second-order valence-electron chi connectivity index (χ2n) is 6.95. The number of hydrogen-bond acceptors (Lipinski definition) is 3. The molecule has 0 amide bonds. The van der Waals surface area contributed by atoms with E-state index in [0.29, 0.717) is 0 Å². The van der Waals surface area contributed by atoms with Gasteiger partial charge >= 0.3 is 0 Å². The lowest BCUT2D eigenvalue weighted by atomic mass is 10.1. The highest BCUT2D eigenvalue weighted by Crippen LogP contribution is 2.20. The monoisotopic (exact) mass is 287 g/mol. The molecule has 21 heavy (non-hydrogen) atoms. The summed E-state index contributed by atoms with van der Waals surface area (Å²) in [5.74, 6) is 0. The van der Waals surface area contributed by atoms with Crippen LogP contribution in [0.1, 0.15) is 36.8 Å². The van der Waals surface area contributed by atoms with Gasteiger partial charge in [-0.2, -0.15) is 0 Å². The highest BCUT2D eigenvalue weighted by molar-refractivity contribution is 5.23. The van der Waals surface area contributed by atoms with E-state index in [-0.39, 0.29) is 0 Å². The Balaban J connectivity index is 1.49. The van der Waals surface area contributed by atoms with E-state index in [0.717, 1.165) is 25.2 Å². The Hall–Kier alpha value is -0.900. The maximum absolute atomic E-state index is 3.60. The van der Waals surface area contributed by atoms with Gasteiger partial charge in [0.15, 0.2) is 0 Å². The van der Waals surface area contributed by atoms with Crippen LogP contribution in [0.5, 0.6) is 0 Å². The van der Waals surface area contributed by atoms with E-state index in [1.165, 1.54) is 49.9 Å². The van der Waals surface area contributed by atoms with Gasteiger partial charge in [-0.15, -0.1) is 0 Å². The van der Waals surface area contributed by atoms with Crippen LogP contribution in [0.15, 0.2) is 24.3 Å². The van der Waals surface area contributed by atoms with E-state index in [1.807, 2.05) is 0 Å². The summed E-state index contributed by atoms with van der Waals surface area (Å²) >= 11 is 0. The zero-order valence-electron chi connectivity index (χ0n) is 13.5. The van der Waals surface area contributed by atoms with Gasteiger partial charge in [0.2, 0.25) is 0 Å². The molecule has 1 aromatic carbocycles. The van der Waals surface area contributed by atoms with Crippen LogP contribution in [0, 0.1) is 0 Å². The van der Waals surface area contributed by atoms with Crippen LogP contribution in [0.4, 0.5) is 0 Å². The van der Waals surface area contributed by atoms with Crippen molar-refractivity contribution >= 4 is 0 Å². The van der Waals surface area contributed by atoms with Crippen molar-refractivity contribution in [3.05, 3.63) is 35.4 Å². The lowest BCUT2D eigenvalue weighted by Gasteiger charge is -2.26. The maximum atomic E-state index is 3.60.